The van der Waals surface area contributed by atoms with Gasteiger partial charge in [0, 0.05) is 13.0 Å². The van der Waals surface area contributed by atoms with Gasteiger partial charge in [0.05, 0.1) is 28.6 Å². The molecule has 0 bridgehead atoms. The first-order valence-corrected chi connectivity index (χ1v) is 7.97. The largest absolute Gasteiger partial charge is 0.390 e. The number of hydrogen-bond donors (Lipinski definition) is 2. The fourth-order valence-electron chi connectivity index (χ4n) is 2.62. The average molecular weight is 303 g/mol. The minimum atomic E-state index is -0.802. The zero-order valence-corrected chi connectivity index (χ0v) is 13.7. The lowest BCUT2D eigenvalue weighted by Crippen LogP contribution is -2.35. The van der Waals surface area contributed by atoms with Crippen LogP contribution in [0.4, 0.5) is 0 Å². The van der Waals surface area contributed by atoms with E-state index in [2.05, 4.69) is 5.10 Å². The van der Waals surface area contributed by atoms with Crippen molar-refractivity contribution in [1.82, 2.24) is 9.78 Å². The van der Waals surface area contributed by atoms with E-state index in [1.165, 1.54) is 0 Å². The lowest BCUT2D eigenvalue weighted by atomic mass is 9.91. The van der Waals surface area contributed by atoms with Crippen molar-refractivity contribution in [3.8, 4) is 0 Å². The summed E-state index contributed by atoms with van der Waals surface area (Å²) in [4.78, 5) is 0. The molecule has 0 fully saturated rings. The number of hydrogen-bond acceptors (Lipinski definition) is 3. The third-order valence-electron chi connectivity index (χ3n) is 4.02. The molecule has 0 aliphatic carbocycles. The molecule has 0 amide bonds. The summed E-state index contributed by atoms with van der Waals surface area (Å²) in [5.41, 5.74) is 1.68. The normalized spacial score (nSPS) is 14.8. The maximum Gasteiger partial charge on any atom is 0.0857 e. The Balaban J connectivity index is 2.89. The summed E-state index contributed by atoms with van der Waals surface area (Å²) in [5.74, 6) is 0.118. The monoisotopic (exact) mass is 302 g/mol. The first-order valence-electron chi connectivity index (χ1n) is 7.60. The SMILES string of the molecule is CCc1nn(CC)c(CC(O)C(O)C(CC)CC)c1Cl. The van der Waals surface area contributed by atoms with Crippen molar-refractivity contribution < 1.29 is 10.2 Å². The fourth-order valence-corrected chi connectivity index (χ4v) is 2.96. The van der Waals surface area contributed by atoms with Crippen LogP contribution in [0.2, 0.25) is 5.02 Å². The fraction of sp³-hybridized carbons (Fsp3) is 0.800. The average Bonchev–Trinajstić information content (AvgIpc) is 2.76. The van der Waals surface area contributed by atoms with E-state index in [-0.39, 0.29) is 5.92 Å². The molecule has 2 atom stereocenters. The number of rotatable bonds is 8. The van der Waals surface area contributed by atoms with Crippen molar-refractivity contribution >= 4 is 11.6 Å². The maximum absolute atomic E-state index is 10.3. The van der Waals surface area contributed by atoms with Crippen LogP contribution in [0.15, 0.2) is 0 Å². The predicted molar refractivity (Wildman–Crippen MR) is 82.1 cm³/mol. The van der Waals surface area contributed by atoms with Crippen LogP contribution in [0, 0.1) is 5.92 Å². The summed E-state index contributed by atoms with van der Waals surface area (Å²) in [5, 5.41) is 25.6. The highest BCUT2D eigenvalue weighted by atomic mass is 35.5. The quantitative estimate of drug-likeness (QED) is 0.776. The Morgan fingerprint density at radius 1 is 1.15 bits per heavy atom. The van der Waals surface area contributed by atoms with Crippen LogP contribution in [0.5, 0.6) is 0 Å². The van der Waals surface area contributed by atoms with Gasteiger partial charge in [-0.1, -0.05) is 45.2 Å². The summed E-state index contributed by atoms with van der Waals surface area (Å²) in [7, 11) is 0. The van der Waals surface area contributed by atoms with E-state index in [0.717, 1.165) is 30.7 Å². The molecular formula is C15H27ClN2O2. The van der Waals surface area contributed by atoms with E-state index < -0.39 is 12.2 Å². The summed E-state index contributed by atoms with van der Waals surface area (Å²) in [6.45, 7) is 8.78. The number of nitrogens with zero attached hydrogens (tertiary/aromatic N) is 2. The molecule has 0 aliphatic heterocycles. The minimum Gasteiger partial charge on any atom is -0.390 e. The Hall–Kier alpha value is -0.580. The van der Waals surface area contributed by atoms with E-state index in [0.29, 0.717) is 18.0 Å². The van der Waals surface area contributed by atoms with Gasteiger partial charge in [0.2, 0.25) is 0 Å². The molecule has 0 saturated carbocycles. The Kier molecular flexibility index (Phi) is 7.00. The molecule has 1 aromatic heterocycles. The second-order valence-electron chi connectivity index (χ2n) is 5.22. The van der Waals surface area contributed by atoms with Crippen molar-refractivity contribution in [3.63, 3.8) is 0 Å². The van der Waals surface area contributed by atoms with Crippen LogP contribution >= 0.6 is 11.6 Å². The van der Waals surface area contributed by atoms with Gasteiger partial charge < -0.3 is 10.2 Å². The minimum absolute atomic E-state index is 0.118. The van der Waals surface area contributed by atoms with E-state index in [1.807, 2.05) is 32.4 Å². The molecule has 0 spiro atoms. The van der Waals surface area contributed by atoms with E-state index in [9.17, 15) is 10.2 Å². The topological polar surface area (TPSA) is 58.3 Å². The van der Waals surface area contributed by atoms with Gasteiger partial charge in [-0.15, -0.1) is 0 Å². The molecule has 0 radical (unpaired) electrons. The first kappa shape index (κ1) is 17.5. The van der Waals surface area contributed by atoms with Crippen molar-refractivity contribution in [2.45, 2.75) is 72.1 Å². The molecule has 2 N–H and O–H groups in total. The molecule has 4 nitrogen and oxygen atoms in total. The van der Waals surface area contributed by atoms with Crippen LogP contribution < -0.4 is 0 Å². The Labute approximate surface area is 126 Å². The Morgan fingerprint density at radius 3 is 2.20 bits per heavy atom. The lowest BCUT2D eigenvalue weighted by Gasteiger charge is -2.25. The molecule has 2 unspecified atom stereocenters. The molecule has 116 valence electrons. The highest BCUT2D eigenvalue weighted by Crippen LogP contribution is 2.25. The third kappa shape index (κ3) is 3.74. The summed E-state index contributed by atoms with van der Waals surface area (Å²) >= 11 is 6.33. The molecule has 5 heteroatoms. The van der Waals surface area contributed by atoms with Crippen molar-refractivity contribution in [1.29, 1.82) is 0 Å². The number of aliphatic hydroxyl groups is 2. The molecular weight excluding hydrogens is 276 g/mol. The number of aliphatic hydroxyl groups excluding tert-OH is 2. The van der Waals surface area contributed by atoms with Gasteiger partial charge >= 0.3 is 0 Å². The number of halogens is 1. The van der Waals surface area contributed by atoms with Crippen molar-refractivity contribution in [2.75, 3.05) is 0 Å². The van der Waals surface area contributed by atoms with E-state index >= 15 is 0 Å². The van der Waals surface area contributed by atoms with Gasteiger partial charge in [0.25, 0.3) is 0 Å². The van der Waals surface area contributed by atoms with Gasteiger partial charge in [-0.3, -0.25) is 4.68 Å². The highest BCUT2D eigenvalue weighted by Gasteiger charge is 2.26. The van der Waals surface area contributed by atoms with Crippen LogP contribution in [0.1, 0.15) is 51.9 Å². The molecule has 1 heterocycles. The van der Waals surface area contributed by atoms with E-state index in [4.69, 9.17) is 11.6 Å². The second kappa shape index (κ2) is 8.01. The van der Waals surface area contributed by atoms with Gasteiger partial charge in [-0.05, 0) is 19.3 Å². The van der Waals surface area contributed by atoms with Crippen LogP contribution in [0.25, 0.3) is 0 Å². The zero-order valence-electron chi connectivity index (χ0n) is 12.9. The maximum atomic E-state index is 10.3. The zero-order chi connectivity index (χ0) is 15.3. The molecule has 1 aromatic rings. The molecule has 0 aliphatic rings. The lowest BCUT2D eigenvalue weighted by molar-refractivity contribution is -0.0196. The van der Waals surface area contributed by atoms with Gasteiger partial charge in [-0.2, -0.15) is 5.10 Å². The van der Waals surface area contributed by atoms with E-state index in [1.54, 1.807) is 0 Å². The molecule has 1 rings (SSSR count). The third-order valence-corrected chi connectivity index (χ3v) is 4.46. The summed E-state index contributed by atoms with van der Waals surface area (Å²) in [6.07, 6.45) is 1.31. The number of aryl methyl sites for hydroxylation is 2. The molecule has 0 aromatic carbocycles. The van der Waals surface area contributed by atoms with Crippen LogP contribution in [-0.2, 0) is 19.4 Å². The summed E-state index contributed by atoms with van der Waals surface area (Å²) < 4.78 is 1.82. The van der Waals surface area contributed by atoms with Gasteiger partial charge in [0.15, 0.2) is 0 Å². The van der Waals surface area contributed by atoms with Crippen molar-refractivity contribution in [2.24, 2.45) is 5.92 Å². The van der Waals surface area contributed by atoms with Crippen molar-refractivity contribution in [3.05, 3.63) is 16.4 Å². The van der Waals surface area contributed by atoms with Gasteiger partial charge in [-0.25, -0.2) is 0 Å². The second-order valence-corrected chi connectivity index (χ2v) is 5.59. The van der Waals surface area contributed by atoms with Crippen LogP contribution in [0.3, 0.4) is 0 Å². The Morgan fingerprint density at radius 2 is 1.75 bits per heavy atom. The predicted octanol–water partition coefficient (Wildman–Crippen LogP) is 2.82. The number of aromatic nitrogens is 2. The van der Waals surface area contributed by atoms with Gasteiger partial charge in [0.1, 0.15) is 0 Å². The summed E-state index contributed by atoms with van der Waals surface area (Å²) in [6, 6.07) is 0. The molecule has 0 saturated heterocycles. The standard InChI is InChI=1S/C15H27ClN2O2/c1-5-10(6-2)15(20)13(19)9-12-14(16)11(7-3)17-18(12)8-4/h10,13,15,19-20H,5-9H2,1-4H3. The Bertz CT molecular complexity index is 416. The first-order chi connectivity index (χ1) is 9.49. The highest BCUT2D eigenvalue weighted by molar-refractivity contribution is 6.31. The van der Waals surface area contributed by atoms with Crippen LogP contribution in [-0.4, -0.2) is 32.2 Å². The smallest absolute Gasteiger partial charge is 0.0857 e. The molecule has 20 heavy (non-hydrogen) atoms.